The van der Waals surface area contributed by atoms with E-state index in [1.54, 1.807) is 32.0 Å². The molecule has 2 N–H and O–H groups in total. The van der Waals surface area contributed by atoms with E-state index in [-0.39, 0.29) is 23.5 Å². The highest BCUT2D eigenvalue weighted by molar-refractivity contribution is 7.89. The predicted molar refractivity (Wildman–Crippen MR) is 101 cm³/mol. The Morgan fingerprint density at radius 1 is 1.11 bits per heavy atom. The van der Waals surface area contributed by atoms with E-state index in [1.165, 1.54) is 12.1 Å². The minimum absolute atomic E-state index is 0.00402. The maximum Gasteiger partial charge on any atom is 0.323 e. The van der Waals surface area contributed by atoms with Crippen LogP contribution >= 0.6 is 0 Å². The van der Waals surface area contributed by atoms with Gasteiger partial charge in [-0.2, -0.15) is 0 Å². The first kappa shape index (κ1) is 20.6. The van der Waals surface area contributed by atoms with Crippen LogP contribution in [0.5, 0.6) is 0 Å². The van der Waals surface area contributed by atoms with Crippen LogP contribution < -0.4 is 4.72 Å². The lowest BCUT2D eigenvalue weighted by Crippen LogP contribution is -2.35. The Kier molecular flexibility index (Phi) is 6.70. The molecule has 0 unspecified atom stereocenters. The number of nitrogens with one attached hydrogen (secondary N) is 1. The van der Waals surface area contributed by atoms with Gasteiger partial charge < -0.3 is 10.0 Å². The van der Waals surface area contributed by atoms with Crippen LogP contribution in [0.15, 0.2) is 53.4 Å². The summed E-state index contributed by atoms with van der Waals surface area (Å²) in [6.07, 6.45) is 0. The van der Waals surface area contributed by atoms with Crippen LogP contribution in [0.3, 0.4) is 0 Å². The normalized spacial score (nSPS) is 11.2. The van der Waals surface area contributed by atoms with E-state index in [2.05, 4.69) is 4.72 Å². The predicted octanol–water partition coefficient (Wildman–Crippen LogP) is 2.02. The van der Waals surface area contributed by atoms with Crippen molar-refractivity contribution >= 4 is 21.9 Å². The van der Waals surface area contributed by atoms with Gasteiger partial charge in [-0.25, -0.2) is 13.1 Å². The zero-order chi connectivity index (χ0) is 20.0. The van der Waals surface area contributed by atoms with Gasteiger partial charge in [0.15, 0.2) is 0 Å². The summed E-state index contributed by atoms with van der Waals surface area (Å²) in [6, 6.07) is 13.4. The molecule has 0 aliphatic carbocycles. The minimum atomic E-state index is -3.84. The van der Waals surface area contributed by atoms with E-state index in [1.807, 2.05) is 18.2 Å². The minimum Gasteiger partial charge on any atom is -0.480 e. The van der Waals surface area contributed by atoms with Gasteiger partial charge in [0.25, 0.3) is 5.91 Å². The number of amides is 1. The van der Waals surface area contributed by atoms with Crippen molar-refractivity contribution in [2.75, 3.05) is 13.1 Å². The van der Waals surface area contributed by atoms with Crippen molar-refractivity contribution in [2.45, 2.75) is 25.3 Å². The fourth-order valence-electron chi connectivity index (χ4n) is 2.55. The molecule has 0 bridgehead atoms. The quantitative estimate of drug-likeness (QED) is 0.718. The highest BCUT2D eigenvalue weighted by Crippen LogP contribution is 2.19. The monoisotopic (exact) mass is 390 g/mol. The molecule has 0 aliphatic rings. The fourth-order valence-corrected chi connectivity index (χ4v) is 3.83. The molecule has 2 aromatic rings. The maximum atomic E-state index is 12.7. The molecule has 2 aromatic carbocycles. The third-order valence-corrected chi connectivity index (χ3v) is 5.57. The Balaban J connectivity index is 2.27. The fraction of sp³-hybridized carbons (Fsp3) is 0.263. The van der Waals surface area contributed by atoms with E-state index in [9.17, 15) is 18.0 Å². The first-order chi connectivity index (χ1) is 12.7. The second kappa shape index (κ2) is 8.79. The number of likely N-dealkylation sites (N-methyl/N-ethyl adjacent to an activating group) is 1. The van der Waals surface area contributed by atoms with Crippen LogP contribution in [0.1, 0.15) is 28.4 Å². The molecular weight excluding hydrogens is 368 g/mol. The van der Waals surface area contributed by atoms with Gasteiger partial charge in [-0.05, 0) is 37.1 Å². The standard InChI is InChI=1S/C19H22N2O5S/c1-3-21(13-18(22)23)19(24)16-10-9-14(2)17(11-16)27(25,26)20-12-15-7-5-4-6-8-15/h4-11,20H,3,12-13H2,1-2H3,(H,22,23). The van der Waals surface area contributed by atoms with Gasteiger partial charge in [-0.1, -0.05) is 36.4 Å². The summed E-state index contributed by atoms with van der Waals surface area (Å²) >= 11 is 0. The van der Waals surface area contributed by atoms with E-state index in [4.69, 9.17) is 5.11 Å². The van der Waals surface area contributed by atoms with Crippen LogP contribution in [0.2, 0.25) is 0 Å². The van der Waals surface area contributed by atoms with Gasteiger partial charge in [0.05, 0.1) is 4.90 Å². The van der Waals surface area contributed by atoms with Crippen LogP contribution in [-0.4, -0.2) is 43.4 Å². The molecule has 7 nitrogen and oxygen atoms in total. The Labute approximate surface area is 158 Å². The van der Waals surface area contributed by atoms with Crippen molar-refractivity contribution in [2.24, 2.45) is 0 Å². The van der Waals surface area contributed by atoms with Crippen LogP contribution in [0.25, 0.3) is 0 Å². The molecule has 2 rings (SSSR count). The van der Waals surface area contributed by atoms with Gasteiger partial charge >= 0.3 is 5.97 Å². The van der Waals surface area contributed by atoms with Crippen molar-refractivity contribution in [3.8, 4) is 0 Å². The summed E-state index contributed by atoms with van der Waals surface area (Å²) in [5.74, 6) is -1.66. The zero-order valence-corrected chi connectivity index (χ0v) is 16.0. The van der Waals surface area contributed by atoms with Gasteiger partial charge in [0.2, 0.25) is 10.0 Å². The number of benzene rings is 2. The van der Waals surface area contributed by atoms with Crippen molar-refractivity contribution in [1.82, 2.24) is 9.62 Å². The number of carbonyl (C=O) groups is 2. The molecule has 8 heteroatoms. The lowest BCUT2D eigenvalue weighted by atomic mass is 10.1. The number of nitrogens with zero attached hydrogens (tertiary/aromatic N) is 1. The molecule has 0 saturated carbocycles. The van der Waals surface area contributed by atoms with E-state index >= 15 is 0 Å². The molecule has 0 aromatic heterocycles. The first-order valence-electron chi connectivity index (χ1n) is 8.40. The zero-order valence-electron chi connectivity index (χ0n) is 15.2. The van der Waals surface area contributed by atoms with E-state index < -0.39 is 28.4 Å². The SMILES string of the molecule is CCN(CC(=O)O)C(=O)c1ccc(C)c(S(=O)(=O)NCc2ccccc2)c1. The Morgan fingerprint density at radius 3 is 2.37 bits per heavy atom. The average Bonchev–Trinajstić information content (AvgIpc) is 2.65. The largest absolute Gasteiger partial charge is 0.480 e. The number of hydrogen-bond acceptors (Lipinski definition) is 4. The number of rotatable bonds is 8. The summed E-state index contributed by atoms with van der Waals surface area (Å²) < 4.78 is 27.9. The third kappa shape index (κ3) is 5.38. The van der Waals surface area contributed by atoms with E-state index in [0.29, 0.717) is 5.56 Å². The summed E-state index contributed by atoms with van der Waals surface area (Å²) in [5.41, 5.74) is 1.43. The van der Waals surface area contributed by atoms with Gasteiger partial charge in [0.1, 0.15) is 6.54 Å². The van der Waals surface area contributed by atoms with Crippen LogP contribution in [0, 0.1) is 6.92 Å². The number of sulfonamides is 1. The van der Waals surface area contributed by atoms with Crippen LogP contribution in [0.4, 0.5) is 0 Å². The van der Waals surface area contributed by atoms with Crippen molar-refractivity contribution in [1.29, 1.82) is 0 Å². The highest BCUT2D eigenvalue weighted by atomic mass is 32.2. The second-order valence-electron chi connectivity index (χ2n) is 6.00. The average molecular weight is 390 g/mol. The smallest absolute Gasteiger partial charge is 0.323 e. The molecule has 0 heterocycles. The van der Waals surface area contributed by atoms with Crippen LogP contribution in [-0.2, 0) is 21.4 Å². The van der Waals surface area contributed by atoms with Gasteiger partial charge in [-0.15, -0.1) is 0 Å². The molecule has 1 amide bonds. The molecule has 0 aliphatic heterocycles. The summed E-state index contributed by atoms with van der Waals surface area (Å²) in [4.78, 5) is 24.6. The molecule has 0 saturated heterocycles. The van der Waals surface area contributed by atoms with Crippen molar-refractivity contribution < 1.29 is 23.1 Å². The number of carboxylic acid groups (broad SMARTS) is 1. The number of aryl methyl sites for hydroxylation is 1. The van der Waals surface area contributed by atoms with Crippen molar-refractivity contribution in [3.05, 3.63) is 65.2 Å². The highest BCUT2D eigenvalue weighted by Gasteiger charge is 2.22. The third-order valence-electron chi connectivity index (χ3n) is 4.03. The number of carbonyl (C=O) groups excluding carboxylic acids is 1. The molecule has 144 valence electrons. The molecule has 27 heavy (non-hydrogen) atoms. The van der Waals surface area contributed by atoms with Gasteiger partial charge in [-0.3, -0.25) is 9.59 Å². The van der Waals surface area contributed by atoms with Crippen molar-refractivity contribution in [3.63, 3.8) is 0 Å². The number of aliphatic carboxylic acids is 1. The topological polar surface area (TPSA) is 104 Å². The Bertz CT molecular complexity index is 926. The molecular formula is C19H22N2O5S. The second-order valence-corrected chi connectivity index (χ2v) is 7.74. The molecule has 0 spiro atoms. The maximum absolute atomic E-state index is 12.7. The first-order valence-corrected chi connectivity index (χ1v) is 9.88. The molecule has 0 fully saturated rings. The van der Waals surface area contributed by atoms with Gasteiger partial charge in [0, 0.05) is 18.7 Å². The molecule has 0 atom stereocenters. The Morgan fingerprint density at radius 2 is 1.78 bits per heavy atom. The number of carboxylic acids is 1. The lowest BCUT2D eigenvalue weighted by molar-refractivity contribution is -0.137. The summed E-state index contributed by atoms with van der Waals surface area (Å²) in [6.45, 7) is 3.18. The number of hydrogen-bond donors (Lipinski definition) is 2. The van der Waals surface area contributed by atoms with E-state index in [0.717, 1.165) is 10.5 Å². The molecule has 0 radical (unpaired) electrons. The lowest BCUT2D eigenvalue weighted by Gasteiger charge is -2.19. The summed E-state index contributed by atoms with van der Waals surface area (Å²) in [7, 11) is -3.84. The Hall–Kier alpha value is -2.71. The summed E-state index contributed by atoms with van der Waals surface area (Å²) in [5, 5.41) is 8.92.